The van der Waals surface area contributed by atoms with Crippen LogP contribution in [0, 0.1) is 12.7 Å². The Morgan fingerprint density at radius 3 is 2.70 bits per heavy atom. The average Bonchev–Trinajstić information content (AvgIpc) is 2.37. The zero-order valence-corrected chi connectivity index (χ0v) is 12.3. The number of aryl methyl sites for hydroxylation is 1. The Morgan fingerprint density at radius 2 is 2.05 bits per heavy atom. The van der Waals surface area contributed by atoms with Crippen LogP contribution in [0.5, 0.6) is 5.88 Å². The van der Waals surface area contributed by atoms with Gasteiger partial charge in [-0.3, -0.25) is 0 Å². The summed E-state index contributed by atoms with van der Waals surface area (Å²) in [5.41, 5.74) is 1.09. The molecule has 20 heavy (non-hydrogen) atoms. The third-order valence-electron chi connectivity index (χ3n) is 2.64. The van der Waals surface area contributed by atoms with Crippen molar-refractivity contribution in [1.29, 1.82) is 0 Å². The van der Waals surface area contributed by atoms with E-state index in [1.165, 1.54) is 6.07 Å². The highest BCUT2D eigenvalue weighted by molar-refractivity contribution is 6.31. The van der Waals surface area contributed by atoms with Crippen molar-refractivity contribution in [2.75, 3.05) is 19.0 Å². The summed E-state index contributed by atoms with van der Waals surface area (Å²) in [5.74, 6) is 0.538. The average molecular weight is 296 g/mol. The zero-order valence-electron chi connectivity index (χ0n) is 11.5. The minimum Gasteiger partial charge on any atom is -0.472 e. The van der Waals surface area contributed by atoms with Crippen molar-refractivity contribution in [1.82, 2.24) is 9.97 Å². The van der Waals surface area contributed by atoms with E-state index in [-0.39, 0.29) is 6.61 Å². The van der Waals surface area contributed by atoms with Crippen LogP contribution in [0.2, 0.25) is 5.02 Å². The lowest BCUT2D eigenvalue weighted by atomic mass is 10.2. The second-order valence-corrected chi connectivity index (χ2v) is 4.94. The van der Waals surface area contributed by atoms with Gasteiger partial charge in [-0.05, 0) is 19.1 Å². The van der Waals surface area contributed by atoms with Gasteiger partial charge in [0.05, 0.1) is 5.02 Å². The van der Waals surface area contributed by atoms with E-state index < -0.39 is 5.82 Å². The summed E-state index contributed by atoms with van der Waals surface area (Å²) in [6, 6.07) is 6.22. The first-order chi connectivity index (χ1) is 9.47. The summed E-state index contributed by atoms with van der Waals surface area (Å²) in [5, 5.41) is 0.337. The van der Waals surface area contributed by atoms with Crippen molar-refractivity contribution in [3.63, 3.8) is 0 Å². The molecular formula is C14H15ClFN3O. The number of nitrogens with zero attached hydrogens (tertiary/aromatic N) is 3. The summed E-state index contributed by atoms with van der Waals surface area (Å²) in [4.78, 5) is 10.3. The molecule has 0 saturated heterocycles. The van der Waals surface area contributed by atoms with Gasteiger partial charge in [0.25, 0.3) is 0 Å². The van der Waals surface area contributed by atoms with Crippen LogP contribution in [-0.2, 0) is 6.61 Å². The molecule has 0 aliphatic heterocycles. The van der Waals surface area contributed by atoms with Crippen LogP contribution in [0.15, 0.2) is 24.3 Å². The van der Waals surface area contributed by atoms with Crippen molar-refractivity contribution in [2.45, 2.75) is 13.5 Å². The normalized spacial score (nSPS) is 10.4. The number of ether oxygens (including phenoxy) is 1. The van der Waals surface area contributed by atoms with Gasteiger partial charge < -0.3 is 9.64 Å². The Labute approximate surface area is 122 Å². The fourth-order valence-corrected chi connectivity index (χ4v) is 1.83. The van der Waals surface area contributed by atoms with E-state index in [0.717, 1.165) is 5.69 Å². The van der Waals surface area contributed by atoms with Crippen molar-refractivity contribution >= 4 is 17.5 Å². The van der Waals surface area contributed by atoms with Crippen molar-refractivity contribution in [3.8, 4) is 5.88 Å². The van der Waals surface area contributed by atoms with Crippen LogP contribution in [0.4, 0.5) is 10.3 Å². The highest BCUT2D eigenvalue weighted by Gasteiger charge is 2.10. The highest BCUT2D eigenvalue weighted by Crippen LogP contribution is 2.21. The Hall–Kier alpha value is -1.88. The maximum Gasteiger partial charge on any atom is 0.228 e. The van der Waals surface area contributed by atoms with Crippen LogP contribution in [-0.4, -0.2) is 24.1 Å². The number of anilines is 1. The first-order valence-corrected chi connectivity index (χ1v) is 6.44. The Balaban J connectivity index is 2.19. The molecule has 0 spiro atoms. The molecule has 0 atom stereocenters. The summed E-state index contributed by atoms with van der Waals surface area (Å²) in [7, 11) is 3.68. The Kier molecular flexibility index (Phi) is 4.39. The number of hydrogen-bond acceptors (Lipinski definition) is 4. The van der Waals surface area contributed by atoms with Crippen LogP contribution >= 0.6 is 11.6 Å². The molecule has 106 valence electrons. The molecule has 1 aromatic heterocycles. The third kappa shape index (κ3) is 3.36. The molecule has 0 N–H and O–H groups in total. The number of hydrogen-bond donors (Lipinski definition) is 0. The topological polar surface area (TPSA) is 38.2 Å². The van der Waals surface area contributed by atoms with Crippen LogP contribution in [0.1, 0.15) is 11.3 Å². The smallest absolute Gasteiger partial charge is 0.228 e. The predicted molar refractivity (Wildman–Crippen MR) is 76.8 cm³/mol. The van der Waals surface area contributed by atoms with Gasteiger partial charge in [-0.1, -0.05) is 17.7 Å². The molecular weight excluding hydrogens is 281 g/mol. The van der Waals surface area contributed by atoms with Gasteiger partial charge in [0.1, 0.15) is 12.4 Å². The van der Waals surface area contributed by atoms with Crippen molar-refractivity contribution in [2.24, 2.45) is 0 Å². The first kappa shape index (κ1) is 14.5. The minimum absolute atomic E-state index is 0.0226. The van der Waals surface area contributed by atoms with Crippen LogP contribution in [0.3, 0.4) is 0 Å². The van der Waals surface area contributed by atoms with Gasteiger partial charge in [0, 0.05) is 31.4 Å². The number of benzene rings is 1. The summed E-state index contributed by atoms with van der Waals surface area (Å²) < 4.78 is 19.2. The second-order valence-electron chi connectivity index (χ2n) is 4.53. The third-order valence-corrected chi connectivity index (χ3v) is 3.00. The molecule has 0 radical (unpaired) electrons. The molecule has 1 aromatic carbocycles. The Morgan fingerprint density at radius 1 is 1.30 bits per heavy atom. The molecule has 6 heteroatoms. The summed E-state index contributed by atoms with van der Waals surface area (Å²) in [6.45, 7) is 1.87. The summed E-state index contributed by atoms with van der Waals surface area (Å²) >= 11 is 5.95. The zero-order chi connectivity index (χ0) is 14.7. The molecule has 2 aromatic rings. The molecule has 0 fully saturated rings. The van der Waals surface area contributed by atoms with Crippen molar-refractivity contribution in [3.05, 3.63) is 46.4 Å². The first-order valence-electron chi connectivity index (χ1n) is 6.06. The molecule has 0 bridgehead atoms. The van der Waals surface area contributed by atoms with Gasteiger partial charge in [0.2, 0.25) is 11.8 Å². The molecule has 2 rings (SSSR count). The molecule has 4 nitrogen and oxygen atoms in total. The minimum atomic E-state index is -0.392. The molecule has 0 saturated carbocycles. The van der Waals surface area contributed by atoms with E-state index in [1.54, 1.807) is 23.1 Å². The SMILES string of the molecule is Cc1cc(OCc2c(F)cccc2Cl)nc(N(C)C)n1. The predicted octanol–water partition coefficient (Wildman–Crippen LogP) is 3.22. The van der Waals surface area contributed by atoms with Gasteiger partial charge in [-0.15, -0.1) is 0 Å². The molecule has 0 unspecified atom stereocenters. The van der Waals surface area contributed by atoms with E-state index >= 15 is 0 Å². The number of aromatic nitrogens is 2. The van der Waals surface area contributed by atoms with Gasteiger partial charge in [-0.25, -0.2) is 9.37 Å². The molecule has 1 heterocycles. The second kappa shape index (κ2) is 6.05. The van der Waals surface area contributed by atoms with Crippen LogP contribution < -0.4 is 9.64 Å². The largest absolute Gasteiger partial charge is 0.472 e. The van der Waals surface area contributed by atoms with Gasteiger partial charge in [0.15, 0.2) is 0 Å². The van der Waals surface area contributed by atoms with E-state index in [2.05, 4.69) is 9.97 Å². The standard InChI is InChI=1S/C14H15ClFN3O/c1-9-7-13(18-14(17-9)19(2)3)20-8-10-11(15)5-4-6-12(10)16/h4-7H,8H2,1-3H3. The maximum absolute atomic E-state index is 13.6. The van der Waals surface area contributed by atoms with Crippen LogP contribution in [0.25, 0.3) is 0 Å². The fourth-order valence-electron chi connectivity index (χ4n) is 1.61. The Bertz CT molecular complexity index is 599. The fraction of sp³-hybridized carbons (Fsp3) is 0.286. The van der Waals surface area contributed by atoms with E-state index in [1.807, 2.05) is 21.0 Å². The molecule has 0 amide bonds. The lowest BCUT2D eigenvalue weighted by Crippen LogP contribution is -2.14. The monoisotopic (exact) mass is 295 g/mol. The van der Waals surface area contributed by atoms with E-state index in [0.29, 0.717) is 22.4 Å². The number of rotatable bonds is 4. The lowest BCUT2D eigenvalue weighted by molar-refractivity contribution is 0.287. The molecule has 0 aliphatic rings. The molecule has 0 aliphatic carbocycles. The maximum atomic E-state index is 13.6. The highest BCUT2D eigenvalue weighted by atomic mass is 35.5. The van der Waals surface area contributed by atoms with E-state index in [9.17, 15) is 4.39 Å². The number of halogens is 2. The van der Waals surface area contributed by atoms with Gasteiger partial charge in [-0.2, -0.15) is 4.98 Å². The van der Waals surface area contributed by atoms with Crippen molar-refractivity contribution < 1.29 is 9.13 Å². The quantitative estimate of drug-likeness (QED) is 0.868. The summed E-state index contributed by atoms with van der Waals surface area (Å²) in [6.07, 6.45) is 0. The van der Waals surface area contributed by atoms with Gasteiger partial charge >= 0.3 is 0 Å². The lowest BCUT2D eigenvalue weighted by Gasteiger charge is -2.13. The van der Waals surface area contributed by atoms with E-state index in [4.69, 9.17) is 16.3 Å².